The van der Waals surface area contributed by atoms with Gasteiger partial charge in [0.15, 0.2) is 5.82 Å². The lowest BCUT2D eigenvalue weighted by Crippen LogP contribution is -2.44. The van der Waals surface area contributed by atoms with Crippen molar-refractivity contribution in [1.82, 2.24) is 19.4 Å². The summed E-state index contributed by atoms with van der Waals surface area (Å²) in [5.41, 5.74) is 1.34. The largest absolute Gasteiger partial charge is 0.416 e. The van der Waals surface area contributed by atoms with Crippen molar-refractivity contribution in [2.24, 2.45) is 0 Å². The van der Waals surface area contributed by atoms with E-state index >= 15 is 0 Å². The zero-order valence-electron chi connectivity index (χ0n) is 19.9. The van der Waals surface area contributed by atoms with Gasteiger partial charge in [0.1, 0.15) is 0 Å². The molecule has 0 atom stereocenters. The molecule has 2 aromatic carbocycles. The summed E-state index contributed by atoms with van der Waals surface area (Å²) in [6, 6.07) is 10.9. The molecule has 3 heterocycles. The molecule has 2 N–H and O–H groups in total. The first-order valence-corrected chi connectivity index (χ1v) is 13.0. The van der Waals surface area contributed by atoms with Crippen LogP contribution >= 0.6 is 0 Å². The van der Waals surface area contributed by atoms with Crippen molar-refractivity contribution < 1.29 is 26.4 Å². The number of likely N-dealkylation sites (N-methyl/N-ethyl adjacent to an activating group) is 1. The van der Waals surface area contributed by atoms with E-state index in [1.165, 1.54) is 0 Å². The van der Waals surface area contributed by atoms with Gasteiger partial charge >= 0.3 is 6.18 Å². The zero-order valence-corrected chi connectivity index (χ0v) is 20.7. The van der Waals surface area contributed by atoms with E-state index in [9.17, 15) is 26.4 Å². The number of halogens is 3. The number of hydrogen-bond donors (Lipinski definition) is 2. The summed E-state index contributed by atoms with van der Waals surface area (Å²) >= 11 is 0. The summed E-state index contributed by atoms with van der Waals surface area (Å²) in [6.07, 6.45) is -4.66. The number of aromatic nitrogens is 2. The van der Waals surface area contributed by atoms with Gasteiger partial charge in [-0.25, -0.2) is 8.42 Å². The fourth-order valence-corrected chi connectivity index (χ4v) is 5.86. The third-order valence-electron chi connectivity index (χ3n) is 6.65. The lowest BCUT2D eigenvalue weighted by Gasteiger charge is -2.34. The number of aromatic amines is 1. The van der Waals surface area contributed by atoms with Gasteiger partial charge in [0.05, 0.1) is 22.7 Å². The number of nitrogens with one attached hydrogen (secondary N) is 2. The summed E-state index contributed by atoms with van der Waals surface area (Å²) in [5, 5.41) is 9.54. The van der Waals surface area contributed by atoms with Gasteiger partial charge in [0, 0.05) is 49.5 Å². The molecule has 0 aliphatic carbocycles. The molecule has 5 rings (SSSR count). The second kappa shape index (κ2) is 9.47. The Labute approximate surface area is 211 Å². The highest BCUT2D eigenvalue weighted by Crippen LogP contribution is 2.34. The predicted octanol–water partition coefficient (Wildman–Crippen LogP) is 3.14. The number of hydrogen-bond acceptors (Lipinski definition) is 6. The average molecular weight is 535 g/mol. The molecule has 1 aromatic heterocycles. The highest BCUT2D eigenvalue weighted by atomic mass is 32.2. The maximum atomic E-state index is 13.1. The van der Waals surface area contributed by atoms with E-state index in [1.807, 2.05) is 12.1 Å². The van der Waals surface area contributed by atoms with E-state index in [2.05, 4.69) is 32.4 Å². The highest BCUT2D eigenvalue weighted by Gasteiger charge is 2.36. The molecule has 1 fully saturated rings. The Kier molecular flexibility index (Phi) is 6.46. The number of carbonyl (C=O) groups excluding carboxylic acids is 1. The van der Waals surface area contributed by atoms with Gasteiger partial charge in [-0.05, 0) is 49.5 Å². The number of fused-ring (bicyclic) bond motifs is 1. The van der Waals surface area contributed by atoms with Gasteiger partial charge in [0.2, 0.25) is 10.0 Å². The Hall–Kier alpha value is -3.42. The van der Waals surface area contributed by atoms with Gasteiger partial charge in [0.25, 0.3) is 5.91 Å². The van der Waals surface area contributed by atoms with Crippen molar-refractivity contribution in [3.63, 3.8) is 0 Å². The number of rotatable bonds is 5. The topological polar surface area (TPSA) is 102 Å². The number of alkyl halides is 3. The summed E-state index contributed by atoms with van der Waals surface area (Å²) < 4.78 is 66.4. The molecule has 37 heavy (non-hydrogen) atoms. The molecule has 0 saturated carbocycles. The predicted molar refractivity (Wildman–Crippen MR) is 131 cm³/mol. The molecule has 2 aliphatic heterocycles. The Bertz CT molecular complexity index is 1410. The molecule has 1 saturated heterocycles. The van der Waals surface area contributed by atoms with Crippen LogP contribution in [0.25, 0.3) is 0 Å². The first kappa shape index (κ1) is 25.2. The van der Waals surface area contributed by atoms with E-state index in [-0.39, 0.29) is 18.9 Å². The molecule has 3 aromatic rings. The van der Waals surface area contributed by atoms with Gasteiger partial charge in [-0.3, -0.25) is 9.89 Å². The van der Waals surface area contributed by atoms with Crippen LogP contribution in [0.2, 0.25) is 0 Å². The summed E-state index contributed by atoms with van der Waals surface area (Å²) in [4.78, 5) is 16.9. The van der Waals surface area contributed by atoms with E-state index in [4.69, 9.17) is 0 Å². The minimum absolute atomic E-state index is 0.101. The van der Waals surface area contributed by atoms with Gasteiger partial charge < -0.3 is 15.1 Å². The van der Waals surface area contributed by atoms with Crippen molar-refractivity contribution in [2.75, 3.05) is 43.4 Å². The smallest absolute Gasteiger partial charge is 0.369 e. The third-order valence-corrected chi connectivity index (χ3v) is 8.44. The summed E-state index contributed by atoms with van der Waals surface area (Å²) in [6.45, 7) is 3.50. The average Bonchev–Trinajstić information content (AvgIpc) is 3.47. The third kappa shape index (κ3) is 5.06. The fraction of sp³-hybridized carbons (Fsp3) is 0.333. The number of sulfonamides is 1. The molecular formula is C24H25F3N6O3S. The molecule has 196 valence electrons. The standard InChI is InChI=1S/C24H25F3N6O3S/c1-31-9-11-32(12-10-31)18-7-5-16(6-8-18)23(34)28-22-20-14-33(15-21(20)29-30-22)37(35,36)19-4-2-3-17(13-19)24(25,26)27/h2-8,13H,9-12,14-15H2,1H3,(H2,28,29,30,34). The van der Waals surface area contributed by atoms with Crippen LogP contribution in [0.3, 0.4) is 0 Å². The summed E-state index contributed by atoms with van der Waals surface area (Å²) in [5.74, 6) is -0.219. The number of amides is 1. The number of H-pyrrole nitrogens is 1. The molecule has 0 unspecified atom stereocenters. The molecule has 0 bridgehead atoms. The number of anilines is 2. The lowest BCUT2D eigenvalue weighted by atomic mass is 10.1. The second-order valence-electron chi connectivity index (χ2n) is 9.12. The van der Waals surface area contributed by atoms with Crippen molar-refractivity contribution in [2.45, 2.75) is 24.2 Å². The lowest BCUT2D eigenvalue weighted by molar-refractivity contribution is -0.137. The van der Waals surface area contributed by atoms with Crippen molar-refractivity contribution in [1.29, 1.82) is 0 Å². The van der Waals surface area contributed by atoms with Crippen LogP contribution in [0.15, 0.2) is 53.4 Å². The van der Waals surface area contributed by atoms with Gasteiger partial charge in [-0.1, -0.05) is 6.07 Å². The second-order valence-corrected chi connectivity index (χ2v) is 11.1. The molecular weight excluding hydrogens is 509 g/mol. The number of nitrogens with zero attached hydrogens (tertiary/aromatic N) is 4. The Morgan fingerprint density at radius 1 is 1.03 bits per heavy atom. The van der Waals surface area contributed by atoms with Crippen LogP contribution in [0.4, 0.5) is 24.7 Å². The molecule has 0 radical (unpaired) electrons. The van der Waals surface area contributed by atoms with E-state index < -0.39 is 32.6 Å². The number of carbonyl (C=O) groups is 1. The molecule has 0 spiro atoms. The molecule has 2 aliphatic rings. The van der Waals surface area contributed by atoms with Crippen LogP contribution in [0, 0.1) is 0 Å². The van der Waals surface area contributed by atoms with Crippen LogP contribution in [-0.4, -0.2) is 67.0 Å². The minimum Gasteiger partial charge on any atom is -0.369 e. The molecule has 9 nitrogen and oxygen atoms in total. The van der Waals surface area contributed by atoms with Gasteiger partial charge in [-0.15, -0.1) is 0 Å². The van der Waals surface area contributed by atoms with Crippen LogP contribution < -0.4 is 10.2 Å². The monoisotopic (exact) mass is 534 g/mol. The maximum Gasteiger partial charge on any atom is 0.416 e. The van der Waals surface area contributed by atoms with E-state index in [0.29, 0.717) is 22.9 Å². The minimum atomic E-state index is -4.66. The first-order chi connectivity index (χ1) is 17.5. The van der Waals surface area contributed by atoms with Crippen molar-refractivity contribution >= 4 is 27.4 Å². The normalized spacial score (nSPS) is 17.1. The fourth-order valence-electron chi connectivity index (χ4n) is 4.43. The number of piperazine rings is 1. The number of benzene rings is 2. The first-order valence-electron chi connectivity index (χ1n) is 11.6. The van der Waals surface area contributed by atoms with Gasteiger partial charge in [-0.2, -0.15) is 22.6 Å². The Morgan fingerprint density at radius 3 is 2.41 bits per heavy atom. The quantitative estimate of drug-likeness (QED) is 0.522. The molecule has 1 amide bonds. The Morgan fingerprint density at radius 2 is 1.73 bits per heavy atom. The Balaban J connectivity index is 1.27. The van der Waals surface area contributed by atoms with Crippen LogP contribution in [-0.2, 0) is 29.3 Å². The van der Waals surface area contributed by atoms with Crippen LogP contribution in [0.1, 0.15) is 27.2 Å². The summed E-state index contributed by atoms with van der Waals surface area (Å²) in [7, 11) is -2.13. The zero-order chi connectivity index (χ0) is 26.4. The van der Waals surface area contributed by atoms with E-state index in [0.717, 1.165) is 54.4 Å². The van der Waals surface area contributed by atoms with E-state index in [1.54, 1.807) is 12.1 Å². The molecule has 13 heteroatoms. The van der Waals surface area contributed by atoms with Crippen molar-refractivity contribution in [3.8, 4) is 0 Å². The maximum absolute atomic E-state index is 13.1. The highest BCUT2D eigenvalue weighted by molar-refractivity contribution is 7.89. The van der Waals surface area contributed by atoms with Crippen molar-refractivity contribution in [3.05, 3.63) is 70.9 Å². The van der Waals surface area contributed by atoms with Crippen LogP contribution in [0.5, 0.6) is 0 Å². The SMILES string of the molecule is CN1CCN(c2ccc(C(=O)Nc3n[nH]c4c3CN(S(=O)(=O)c3cccc(C(F)(F)F)c3)C4)cc2)CC1.